The van der Waals surface area contributed by atoms with E-state index in [1.54, 1.807) is 0 Å². The molecular weight excluding hydrogens is 210 g/mol. The summed E-state index contributed by atoms with van der Waals surface area (Å²) in [5.74, 6) is -0.909. The molecule has 0 aliphatic heterocycles. The largest absolute Gasteiger partial charge is 0.393 e. The average molecular weight is 228 g/mol. The fourth-order valence-corrected chi connectivity index (χ4v) is 1.69. The summed E-state index contributed by atoms with van der Waals surface area (Å²) >= 11 is 0. The molecule has 1 aromatic rings. The molecule has 0 aromatic heterocycles. The maximum absolute atomic E-state index is 13.2. The van der Waals surface area contributed by atoms with Crippen molar-refractivity contribution in [3.63, 3.8) is 0 Å². The lowest BCUT2D eigenvalue weighted by Gasteiger charge is -2.10. The van der Waals surface area contributed by atoms with E-state index >= 15 is 0 Å². The lowest BCUT2D eigenvalue weighted by molar-refractivity contribution is 0.160. The van der Waals surface area contributed by atoms with Gasteiger partial charge in [-0.25, -0.2) is 8.78 Å². The molecule has 1 atom stereocenters. The zero-order valence-corrected chi connectivity index (χ0v) is 9.55. The smallest absolute Gasteiger partial charge is 0.126 e. The third-order valence-corrected chi connectivity index (χ3v) is 2.60. The molecule has 0 aliphatic carbocycles. The fourth-order valence-electron chi connectivity index (χ4n) is 1.69. The third kappa shape index (κ3) is 4.27. The molecule has 0 radical (unpaired) electrons. The highest BCUT2D eigenvalue weighted by molar-refractivity contribution is 5.19. The van der Waals surface area contributed by atoms with Crippen LogP contribution in [0.1, 0.15) is 38.2 Å². The first-order chi connectivity index (χ1) is 7.63. The van der Waals surface area contributed by atoms with Crippen molar-refractivity contribution in [1.82, 2.24) is 0 Å². The number of unbranched alkanes of at least 4 members (excludes halogenated alkanes) is 2. The van der Waals surface area contributed by atoms with Gasteiger partial charge in [-0.1, -0.05) is 26.2 Å². The van der Waals surface area contributed by atoms with Crippen LogP contribution in [0.4, 0.5) is 8.78 Å². The van der Waals surface area contributed by atoms with Crippen LogP contribution >= 0.6 is 0 Å². The monoisotopic (exact) mass is 228 g/mol. The maximum Gasteiger partial charge on any atom is 0.126 e. The van der Waals surface area contributed by atoms with Crippen molar-refractivity contribution in [2.24, 2.45) is 0 Å². The molecule has 0 saturated heterocycles. The van der Waals surface area contributed by atoms with Crippen molar-refractivity contribution in [2.75, 3.05) is 0 Å². The van der Waals surface area contributed by atoms with Gasteiger partial charge >= 0.3 is 0 Å². The Bertz CT molecular complexity index is 326. The molecule has 0 fully saturated rings. The second kappa shape index (κ2) is 6.59. The Kier molecular flexibility index (Phi) is 5.39. The van der Waals surface area contributed by atoms with Crippen LogP contribution in [0.25, 0.3) is 0 Å². The number of aliphatic hydroxyl groups excluding tert-OH is 1. The number of halogens is 2. The van der Waals surface area contributed by atoms with E-state index in [9.17, 15) is 13.9 Å². The molecule has 90 valence electrons. The first-order valence-electron chi connectivity index (χ1n) is 5.75. The van der Waals surface area contributed by atoms with Gasteiger partial charge in [0, 0.05) is 6.42 Å². The van der Waals surface area contributed by atoms with Gasteiger partial charge in [0.25, 0.3) is 0 Å². The number of aliphatic hydroxyl groups is 1. The molecular formula is C13H18F2O. The number of hydrogen-bond donors (Lipinski definition) is 1. The van der Waals surface area contributed by atoms with Gasteiger partial charge in [-0.15, -0.1) is 0 Å². The molecule has 0 heterocycles. The molecule has 1 nitrogen and oxygen atoms in total. The Labute approximate surface area is 95.1 Å². The lowest BCUT2D eigenvalue weighted by Crippen LogP contribution is -2.11. The van der Waals surface area contributed by atoms with E-state index in [4.69, 9.17) is 0 Å². The van der Waals surface area contributed by atoms with Crippen molar-refractivity contribution in [3.8, 4) is 0 Å². The molecule has 16 heavy (non-hydrogen) atoms. The molecule has 0 saturated carbocycles. The second-order valence-electron chi connectivity index (χ2n) is 4.09. The molecule has 0 amide bonds. The van der Waals surface area contributed by atoms with E-state index in [0.717, 1.165) is 37.5 Å². The minimum Gasteiger partial charge on any atom is -0.393 e. The van der Waals surface area contributed by atoms with Crippen LogP contribution in [-0.4, -0.2) is 11.2 Å². The molecule has 1 rings (SSSR count). The molecule has 0 spiro atoms. The zero-order chi connectivity index (χ0) is 12.0. The maximum atomic E-state index is 13.2. The van der Waals surface area contributed by atoms with Crippen LogP contribution in [0.15, 0.2) is 18.2 Å². The van der Waals surface area contributed by atoms with E-state index in [-0.39, 0.29) is 12.0 Å². The SMILES string of the molecule is CCCCCC(O)Cc1cc(F)ccc1F. The topological polar surface area (TPSA) is 20.2 Å². The highest BCUT2D eigenvalue weighted by Gasteiger charge is 2.10. The van der Waals surface area contributed by atoms with Crippen molar-refractivity contribution in [2.45, 2.75) is 45.1 Å². The van der Waals surface area contributed by atoms with E-state index in [2.05, 4.69) is 6.92 Å². The number of benzene rings is 1. The van der Waals surface area contributed by atoms with E-state index in [1.165, 1.54) is 0 Å². The van der Waals surface area contributed by atoms with Crippen molar-refractivity contribution in [3.05, 3.63) is 35.4 Å². The van der Waals surface area contributed by atoms with Gasteiger partial charge in [0.1, 0.15) is 11.6 Å². The third-order valence-electron chi connectivity index (χ3n) is 2.60. The number of hydrogen-bond acceptors (Lipinski definition) is 1. The summed E-state index contributed by atoms with van der Waals surface area (Å²) in [5.41, 5.74) is 0.254. The second-order valence-corrected chi connectivity index (χ2v) is 4.09. The summed E-state index contributed by atoms with van der Waals surface area (Å²) in [4.78, 5) is 0. The predicted molar refractivity (Wildman–Crippen MR) is 60.2 cm³/mol. The predicted octanol–water partition coefficient (Wildman–Crippen LogP) is 3.45. The first kappa shape index (κ1) is 13.1. The molecule has 1 unspecified atom stereocenters. The van der Waals surface area contributed by atoms with Crippen molar-refractivity contribution in [1.29, 1.82) is 0 Å². The summed E-state index contributed by atoms with van der Waals surface area (Å²) in [7, 11) is 0. The molecule has 1 aromatic carbocycles. The molecule has 0 aliphatic rings. The van der Waals surface area contributed by atoms with Crippen LogP contribution in [0.5, 0.6) is 0 Å². The molecule has 1 N–H and O–H groups in total. The number of rotatable bonds is 6. The van der Waals surface area contributed by atoms with Gasteiger partial charge in [0.2, 0.25) is 0 Å². The first-order valence-corrected chi connectivity index (χ1v) is 5.75. The van der Waals surface area contributed by atoms with Crippen LogP contribution in [-0.2, 0) is 6.42 Å². The summed E-state index contributed by atoms with van der Waals surface area (Å²) in [5, 5.41) is 9.66. The highest BCUT2D eigenvalue weighted by atomic mass is 19.1. The van der Waals surface area contributed by atoms with Gasteiger partial charge < -0.3 is 5.11 Å². The van der Waals surface area contributed by atoms with Crippen molar-refractivity contribution < 1.29 is 13.9 Å². The van der Waals surface area contributed by atoms with Crippen LogP contribution in [0.2, 0.25) is 0 Å². The summed E-state index contributed by atoms with van der Waals surface area (Å²) < 4.78 is 26.1. The molecule has 0 bridgehead atoms. The minimum atomic E-state index is -0.581. The Balaban J connectivity index is 2.48. The average Bonchev–Trinajstić information content (AvgIpc) is 2.24. The summed E-state index contributed by atoms with van der Waals surface area (Å²) in [6.45, 7) is 2.08. The zero-order valence-electron chi connectivity index (χ0n) is 9.55. The Morgan fingerprint density at radius 1 is 1.25 bits per heavy atom. The van der Waals surface area contributed by atoms with Gasteiger partial charge in [0.15, 0.2) is 0 Å². The molecule has 3 heteroatoms. The van der Waals surface area contributed by atoms with Crippen LogP contribution in [0.3, 0.4) is 0 Å². The summed E-state index contributed by atoms with van der Waals surface area (Å²) in [6, 6.07) is 3.34. The fraction of sp³-hybridized carbons (Fsp3) is 0.538. The summed E-state index contributed by atoms with van der Waals surface area (Å²) in [6.07, 6.45) is 3.32. The van der Waals surface area contributed by atoms with E-state index in [0.29, 0.717) is 6.42 Å². The standard InChI is InChI=1S/C13H18F2O/c1-2-3-4-5-12(16)9-10-8-11(14)6-7-13(10)15/h6-8,12,16H,2-5,9H2,1H3. The Hall–Kier alpha value is -0.960. The quantitative estimate of drug-likeness (QED) is 0.739. The Morgan fingerprint density at radius 3 is 2.69 bits per heavy atom. The van der Waals surface area contributed by atoms with Crippen molar-refractivity contribution >= 4 is 0 Å². The van der Waals surface area contributed by atoms with Gasteiger partial charge in [-0.2, -0.15) is 0 Å². The Morgan fingerprint density at radius 2 is 2.00 bits per heavy atom. The van der Waals surface area contributed by atoms with E-state index < -0.39 is 17.7 Å². The van der Waals surface area contributed by atoms with Gasteiger partial charge in [-0.3, -0.25) is 0 Å². The van der Waals surface area contributed by atoms with Crippen LogP contribution in [0, 0.1) is 11.6 Å². The normalized spacial score (nSPS) is 12.8. The minimum absolute atomic E-state index is 0.188. The lowest BCUT2D eigenvalue weighted by atomic mass is 10.0. The van der Waals surface area contributed by atoms with Gasteiger partial charge in [0.05, 0.1) is 6.10 Å². The highest BCUT2D eigenvalue weighted by Crippen LogP contribution is 2.14. The van der Waals surface area contributed by atoms with Gasteiger partial charge in [-0.05, 0) is 30.2 Å². The van der Waals surface area contributed by atoms with Crippen LogP contribution < -0.4 is 0 Å². The van der Waals surface area contributed by atoms with E-state index in [1.807, 2.05) is 0 Å².